The number of nitrogens with zero attached hydrogens (tertiary/aromatic N) is 4. The Bertz CT molecular complexity index is 7650. The van der Waals surface area contributed by atoms with E-state index in [1.807, 2.05) is 46.9 Å². The van der Waals surface area contributed by atoms with Gasteiger partial charge in [0.25, 0.3) is 0 Å². The highest BCUT2D eigenvalue weighted by Crippen LogP contribution is 2.49. The smallest absolute Gasteiger partial charge is 0.184 e. The van der Waals surface area contributed by atoms with Crippen LogP contribution in [0.5, 0.6) is 0 Å². The lowest BCUT2D eigenvalue weighted by Crippen LogP contribution is -2.77. The Labute approximate surface area is 762 Å². The van der Waals surface area contributed by atoms with Gasteiger partial charge >= 0.3 is 0 Å². The zero-order valence-electron chi connectivity index (χ0n) is 70.6. The number of para-hydroxylation sites is 6. The first-order chi connectivity index (χ1) is 64.4. The van der Waals surface area contributed by atoms with Crippen LogP contribution in [-0.2, 0) is 0 Å². The van der Waals surface area contributed by atoms with Crippen molar-refractivity contribution in [2.45, 2.75) is 0 Å². The molecule has 0 N–H and O–H groups in total. The maximum Gasteiger partial charge on any atom is 0.184 e. The molecule has 20 aromatic carbocycles. The second-order valence-corrected chi connectivity index (χ2v) is 43.3. The highest BCUT2D eigenvalue weighted by Gasteiger charge is 2.51. The molecule has 0 atom stereocenters. The molecule has 0 radical (unpaired) electrons. The molecule has 0 bridgehead atoms. The summed E-state index contributed by atoms with van der Waals surface area (Å²) in [5.74, 6) is 0. The van der Waals surface area contributed by atoms with Gasteiger partial charge in [-0.1, -0.05) is 328 Å². The van der Waals surface area contributed by atoms with Crippen molar-refractivity contribution >= 4 is 233 Å². The summed E-state index contributed by atoms with van der Waals surface area (Å²) in [7, 11) is -5.58. The molecule has 0 saturated carbocycles. The third kappa shape index (κ3) is 12.5. The zero-order chi connectivity index (χ0) is 85.8. The number of furan rings is 2. The highest BCUT2D eigenvalue weighted by molar-refractivity contribution is 7.26. The van der Waals surface area contributed by atoms with E-state index in [2.05, 4.69) is 481 Å². The first-order valence-corrected chi connectivity index (χ1v) is 49.9. The van der Waals surface area contributed by atoms with E-state index in [-0.39, 0.29) is 0 Å². The molecule has 0 saturated heterocycles. The molecule has 26 rings (SSSR count). The second kappa shape index (κ2) is 31.6. The molecule has 24 aromatic rings. The van der Waals surface area contributed by atoms with Crippen LogP contribution in [0.3, 0.4) is 0 Å². The van der Waals surface area contributed by atoms with Gasteiger partial charge in [0, 0.05) is 142 Å². The normalized spacial score (nSPS) is 13.0. The predicted molar refractivity (Wildman–Crippen MR) is 557 cm³/mol. The van der Waals surface area contributed by atoms with Crippen LogP contribution < -0.4 is 61.1 Å². The molecule has 0 aliphatic carbocycles. The molecule has 0 fully saturated rings. The SMILES string of the molecule is c1ccc(N2c3ccccc3[Si](c3ccccc3)(c3ccccc3)c3ccc(-c4ccc(N(c5ccc6c(c5)oc5ccccc56)c5ccc6c(c5)oc5ccccc56)cc4)cc32)cc1.c1ccc(N2c3ccccc3[Si](c3ccccc3)(c3ccccc3)c3ccc(-c4ccc(N(c5ccc6c(c5)sc5ccccc56)c5ccc6c(c5)sc5ccccc56)cc4)cc32)cc1. The molecule has 6 heterocycles. The quantitative estimate of drug-likeness (QED) is 0.101. The minimum atomic E-state index is -2.80. The van der Waals surface area contributed by atoms with Gasteiger partial charge in [-0.15, -0.1) is 22.7 Å². The topological polar surface area (TPSA) is 39.2 Å². The first-order valence-electron chi connectivity index (χ1n) is 44.3. The van der Waals surface area contributed by atoms with E-state index in [0.717, 1.165) is 101 Å². The van der Waals surface area contributed by atoms with Crippen LogP contribution in [0, 0.1) is 0 Å². The molecule has 0 unspecified atom stereocenters. The largest absolute Gasteiger partial charge is 0.456 e. The summed E-state index contributed by atoms with van der Waals surface area (Å²) in [5, 5.41) is 20.7. The lowest BCUT2D eigenvalue weighted by molar-refractivity contribution is 0.669. The van der Waals surface area contributed by atoms with Crippen LogP contribution in [0.25, 0.3) is 106 Å². The van der Waals surface area contributed by atoms with Gasteiger partial charge < -0.3 is 28.4 Å². The van der Waals surface area contributed by atoms with Gasteiger partial charge in [-0.05, 0) is 209 Å². The average Bonchev–Trinajstić information content (AvgIpc) is 0.764. The van der Waals surface area contributed by atoms with Gasteiger partial charge in [0.15, 0.2) is 16.1 Å². The molecule has 6 nitrogen and oxygen atoms in total. The third-order valence-electron chi connectivity index (χ3n) is 26.6. The Morgan fingerprint density at radius 3 is 0.846 bits per heavy atom. The van der Waals surface area contributed by atoms with Crippen molar-refractivity contribution in [2.24, 2.45) is 0 Å². The molecular weight excluding hydrogens is 1650 g/mol. The van der Waals surface area contributed by atoms with E-state index < -0.39 is 16.1 Å². The number of fused-ring (bicyclic) bond motifs is 16. The molecule has 0 spiro atoms. The van der Waals surface area contributed by atoms with Crippen LogP contribution in [-0.4, -0.2) is 16.1 Å². The summed E-state index contributed by atoms with van der Waals surface area (Å²) in [6.07, 6.45) is 0. The molecule has 612 valence electrons. The van der Waals surface area contributed by atoms with E-state index in [0.29, 0.717) is 0 Å². The van der Waals surface area contributed by atoms with Gasteiger partial charge in [0.1, 0.15) is 22.3 Å². The fraction of sp³-hybridized carbons (Fsp3) is 0. The van der Waals surface area contributed by atoms with Crippen LogP contribution >= 0.6 is 22.7 Å². The van der Waals surface area contributed by atoms with Crippen molar-refractivity contribution in [3.63, 3.8) is 0 Å². The highest BCUT2D eigenvalue weighted by atomic mass is 32.1. The number of rotatable bonds is 14. The fourth-order valence-electron chi connectivity index (χ4n) is 20.9. The van der Waals surface area contributed by atoms with Gasteiger partial charge in [-0.2, -0.15) is 0 Å². The Morgan fingerprint density at radius 1 is 0.185 bits per heavy atom. The summed E-state index contributed by atoms with van der Waals surface area (Å²) < 4.78 is 18.1. The minimum absolute atomic E-state index is 0.847. The lowest BCUT2D eigenvalue weighted by Gasteiger charge is -2.45. The van der Waals surface area contributed by atoms with E-state index in [4.69, 9.17) is 8.83 Å². The van der Waals surface area contributed by atoms with Crippen molar-refractivity contribution < 1.29 is 8.83 Å². The van der Waals surface area contributed by atoms with Crippen molar-refractivity contribution in [1.29, 1.82) is 0 Å². The van der Waals surface area contributed by atoms with Gasteiger partial charge in [0.2, 0.25) is 0 Å². The lowest BCUT2D eigenvalue weighted by atomic mass is 10.0. The summed E-state index contributed by atoms with van der Waals surface area (Å²) in [6.45, 7) is 0. The standard InChI is InChI=1S/C60H40N2O2Si.C60H40N2S2Si/c2*1-4-16-43(17-5-1)62-53-24-12-15-27-59(53)65(47-18-6-2-7-19-47,48-20-8-3-9-21-48)60-37-30-42(38-54(60)62)41-28-31-44(32-29-41)61(45-33-35-51-49-22-10-13-25-55(49)63-57(51)39-45)46-34-36-52-50-23-11-14-26-56(50)64-58(52)40-46/h2*1-40H. The van der Waals surface area contributed by atoms with Crippen LogP contribution in [0.15, 0.2) is 494 Å². The molecule has 2 aliphatic rings. The Hall–Kier alpha value is -15.9. The summed E-state index contributed by atoms with van der Waals surface area (Å²) in [5.41, 5.74) is 21.7. The van der Waals surface area contributed by atoms with Gasteiger partial charge in [-0.3, -0.25) is 0 Å². The number of thiophene rings is 2. The average molecular weight is 1730 g/mol. The summed E-state index contributed by atoms with van der Waals surface area (Å²) in [6, 6.07) is 178. The van der Waals surface area contributed by atoms with E-state index in [1.165, 1.54) is 116 Å². The Balaban J connectivity index is 0.000000140. The number of benzene rings is 20. The Morgan fingerprint density at radius 2 is 0.462 bits per heavy atom. The maximum absolute atomic E-state index is 6.43. The molecule has 4 aromatic heterocycles. The molecular formula is C120H80N4O2S2Si2. The number of hydrogen-bond acceptors (Lipinski definition) is 8. The minimum Gasteiger partial charge on any atom is -0.456 e. The van der Waals surface area contributed by atoms with Crippen molar-refractivity contribution in [3.05, 3.63) is 485 Å². The Kier molecular flexibility index (Phi) is 18.6. The third-order valence-corrected chi connectivity index (χ3v) is 38.6. The zero-order valence-corrected chi connectivity index (χ0v) is 74.2. The second-order valence-electron chi connectivity index (χ2n) is 33.7. The van der Waals surface area contributed by atoms with E-state index in [1.54, 1.807) is 0 Å². The summed E-state index contributed by atoms with van der Waals surface area (Å²) >= 11 is 3.73. The first kappa shape index (κ1) is 76.5. The van der Waals surface area contributed by atoms with Crippen LogP contribution in [0.1, 0.15) is 0 Å². The molecule has 130 heavy (non-hydrogen) atoms. The molecule has 0 amide bonds. The predicted octanol–water partition coefficient (Wildman–Crippen LogP) is 28.5. The maximum atomic E-state index is 6.43. The van der Waals surface area contributed by atoms with Gasteiger partial charge in [0.05, 0.1) is 0 Å². The van der Waals surface area contributed by atoms with Crippen LogP contribution in [0.4, 0.5) is 68.2 Å². The monoisotopic (exact) mass is 1730 g/mol. The fourth-order valence-corrected chi connectivity index (χ4v) is 33.3. The van der Waals surface area contributed by atoms with Gasteiger partial charge in [-0.25, -0.2) is 0 Å². The number of anilines is 12. The van der Waals surface area contributed by atoms with Crippen molar-refractivity contribution in [1.82, 2.24) is 0 Å². The van der Waals surface area contributed by atoms with E-state index in [9.17, 15) is 0 Å². The van der Waals surface area contributed by atoms with Crippen molar-refractivity contribution in [3.8, 4) is 22.3 Å². The molecule has 2 aliphatic heterocycles. The molecule has 10 heteroatoms. The van der Waals surface area contributed by atoms with E-state index >= 15 is 0 Å². The van der Waals surface area contributed by atoms with Crippen LogP contribution in [0.2, 0.25) is 0 Å². The number of hydrogen-bond donors (Lipinski definition) is 0. The summed E-state index contributed by atoms with van der Waals surface area (Å²) in [4.78, 5) is 9.70. The van der Waals surface area contributed by atoms with Crippen molar-refractivity contribution in [2.75, 3.05) is 19.6 Å².